The minimum Gasteiger partial charge on any atom is -0.308 e. The molecule has 3 N–H and O–H groups in total. The lowest BCUT2D eigenvalue weighted by atomic mass is 9.96. The second kappa shape index (κ2) is 6.13. The number of hydrogen-bond acceptors (Lipinski definition) is 3. The van der Waals surface area contributed by atoms with E-state index in [1.54, 1.807) is 30.5 Å². The Morgan fingerprint density at radius 1 is 1.09 bits per heavy atom. The summed E-state index contributed by atoms with van der Waals surface area (Å²) in [4.78, 5) is 16.3. The maximum absolute atomic E-state index is 12.0. The van der Waals surface area contributed by atoms with Crippen molar-refractivity contribution >= 4 is 30.7 Å². The van der Waals surface area contributed by atoms with Gasteiger partial charge in [-0.05, 0) is 24.3 Å². The normalized spacial score (nSPS) is 10.2. The van der Waals surface area contributed by atoms with Crippen LogP contribution in [0.5, 0.6) is 0 Å². The Balaban J connectivity index is 1.73. The van der Waals surface area contributed by atoms with Gasteiger partial charge in [-0.2, -0.15) is 5.10 Å². The minimum atomic E-state index is -0.372. The van der Waals surface area contributed by atoms with Crippen LogP contribution in [0.15, 0.2) is 54.9 Å². The number of urea groups is 1. The first-order valence-electron chi connectivity index (χ1n) is 6.61. The van der Waals surface area contributed by atoms with E-state index in [2.05, 4.69) is 25.8 Å². The number of nitrogens with zero attached hydrogens (tertiary/aromatic N) is 2. The van der Waals surface area contributed by atoms with Crippen LogP contribution in [0.1, 0.15) is 0 Å². The van der Waals surface area contributed by atoms with Crippen LogP contribution in [-0.4, -0.2) is 29.1 Å². The van der Waals surface area contributed by atoms with E-state index in [0.717, 1.165) is 0 Å². The van der Waals surface area contributed by atoms with E-state index in [0.29, 0.717) is 28.2 Å². The summed E-state index contributed by atoms with van der Waals surface area (Å²) in [6.45, 7) is 0. The average Bonchev–Trinajstić information content (AvgIpc) is 2.98. The van der Waals surface area contributed by atoms with Crippen molar-refractivity contribution in [2.75, 3.05) is 10.6 Å². The predicted molar refractivity (Wildman–Crippen MR) is 86.3 cm³/mol. The number of benzene rings is 1. The summed E-state index contributed by atoms with van der Waals surface area (Å²) < 4.78 is 0. The van der Waals surface area contributed by atoms with Crippen LogP contribution in [0.3, 0.4) is 0 Å². The highest BCUT2D eigenvalue weighted by Crippen LogP contribution is 2.23. The number of amides is 2. The van der Waals surface area contributed by atoms with Gasteiger partial charge in [-0.1, -0.05) is 23.7 Å². The molecule has 2 radical (unpaired) electrons. The molecule has 1 aromatic carbocycles. The number of aromatic amines is 1. The van der Waals surface area contributed by atoms with Gasteiger partial charge in [0.15, 0.2) is 0 Å². The van der Waals surface area contributed by atoms with Crippen molar-refractivity contribution in [3.63, 3.8) is 0 Å². The van der Waals surface area contributed by atoms with Crippen molar-refractivity contribution in [2.45, 2.75) is 0 Å². The number of pyridine rings is 1. The van der Waals surface area contributed by atoms with E-state index in [-0.39, 0.29) is 6.03 Å². The summed E-state index contributed by atoms with van der Waals surface area (Å²) in [6.07, 6.45) is 3.21. The third-order valence-electron chi connectivity index (χ3n) is 2.98. The van der Waals surface area contributed by atoms with Crippen molar-refractivity contribution in [3.05, 3.63) is 54.9 Å². The van der Waals surface area contributed by atoms with Crippen molar-refractivity contribution in [3.8, 4) is 11.4 Å². The molecule has 0 aliphatic rings. The molecule has 2 aromatic heterocycles. The molecule has 0 unspecified atom stereocenters. The number of carbonyl (C=O) groups excluding carboxylic acids is 1. The van der Waals surface area contributed by atoms with Crippen LogP contribution in [0.25, 0.3) is 11.4 Å². The fourth-order valence-electron chi connectivity index (χ4n) is 1.94. The van der Waals surface area contributed by atoms with Gasteiger partial charge in [0, 0.05) is 11.9 Å². The number of anilines is 2. The van der Waals surface area contributed by atoms with E-state index < -0.39 is 0 Å². The standard InChI is InChI=1S/C15H12BN5O/c16-10-4-6-11(7-5-10)19-15(22)20-13-9-18-21-14(13)12-3-1-2-8-17-12/h1-9H,(H,18,21)(H2,19,20,22). The van der Waals surface area contributed by atoms with E-state index in [4.69, 9.17) is 7.85 Å². The Morgan fingerprint density at radius 2 is 1.91 bits per heavy atom. The van der Waals surface area contributed by atoms with E-state index in [1.807, 2.05) is 18.2 Å². The Labute approximate surface area is 128 Å². The number of H-pyrrole nitrogens is 1. The smallest absolute Gasteiger partial charge is 0.308 e. The first kappa shape index (κ1) is 13.9. The highest BCUT2D eigenvalue weighted by atomic mass is 16.2. The lowest BCUT2D eigenvalue weighted by Gasteiger charge is -2.08. The topological polar surface area (TPSA) is 82.7 Å². The summed E-state index contributed by atoms with van der Waals surface area (Å²) in [5, 5.41) is 12.2. The van der Waals surface area contributed by atoms with Gasteiger partial charge in [0.25, 0.3) is 0 Å². The predicted octanol–water partition coefficient (Wildman–Crippen LogP) is 1.91. The Kier molecular flexibility index (Phi) is 3.87. The second-order valence-electron chi connectivity index (χ2n) is 4.57. The molecule has 106 valence electrons. The van der Waals surface area contributed by atoms with Crippen molar-refractivity contribution in [1.82, 2.24) is 15.2 Å². The molecule has 22 heavy (non-hydrogen) atoms. The Morgan fingerprint density at radius 3 is 2.64 bits per heavy atom. The van der Waals surface area contributed by atoms with Crippen LogP contribution >= 0.6 is 0 Å². The quantitative estimate of drug-likeness (QED) is 0.644. The molecule has 7 heteroatoms. The molecule has 0 bridgehead atoms. The summed E-state index contributed by atoms with van der Waals surface area (Å²) in [5.41, 5.74) is 3.18. The van der Waals surface area contributed by atoms with Gasteiger partial charge in [-0.15, -0.1) is 0 Å². The molecule has 0 spiro atoms. The van der Waals surface area contributed by atoms with Gasteiger partial charge in [-0.25, -0.2) is 4.79 Å². The molecule has 0 fully saturated rings. The maximum Gasteiger partial charge on any atom is 0.323 e. The summed E-state index contributed by atoms with van der Waals surface area (Å²) in [7, 11) is 5.60. The highest BCUT2D eigenvalue weighted by Gasteiger charge is 2.11. The van der Waals surface area contributed by atoms with Gasteiger partial charge in [0.1, 0.15) is 13.5 Å². The van der Waals surface area contributed by atoms with Crippen molar-refractivity contribution in [1.29, 1.82) is 0 Å². The third kappa shape index (κ3) is 3.14. The van der Waals surface area contributed by atoms with E-state index in [1.165, 1.54) is 6.20 Å². The maximum atomic E-state index is 12.0. The first-order chi connectivity index (χ1) is 10.7. The monoisotopic (exact) mass is 289 g/mol. The van der Waals surface area contributed by atoms with Crippen LogP contribution in [0.4, 0.5) is 16.2 Å². The molecule has 2 heterocycles. The van der Waals surface area contributed by atoms with Crippen LogP contribution in [-0.2, 0) is 0 Å². The van der Waals surface area contributed by atoms with Crippen LogP contribution in [0.2, 0.25) is 0 Å². The lowest BCUT2D eigenvalue weighted by Crippen LogP contribution is -2.19. The van der Waals surface area contributed by atoms with Gasteiger partial charge in [-0.3, -0.25) is 10.1 Å². The van der Waals surface area contributed by atoms with Crippen molar-refractivity contribution in [2.24, 2.45) is 0 Å². The molecule has 0 saturated heterocycles. The summed E-state index contributed by atoms with van der Waals surface area (Å²) in [5.74, 6) is 0. The molecular weight excluding hydrogens is 277 g/mol. The minimum absolute atomic E-state index is 0.372. The summed E-state index contributed by atoms with van der Waals surface area (Å²) >= 11 is 0. The lowest BCUT2D eigenvalue weighted by molar-refractivity contribution is 0.262. The molecular formula is C15H12BN5O. The Bertz CT molecular complexity index is 770. The zero-order valence-electron chi connectivity index (χ0n) is 11.6. The van der Waals surface area contributed by atoms with Gasteiger partial charge in [0.05, 0.1) is 17.6 Å². The van der Waals surface area contributed by atoms with Gasteiger partial charge in [0.2, 0.25) is 0 Å². The molecule has 6 nitrogen and oxygen atoms in total. The average molecular weight is 289 g/mol. The van der Waals surface area contributed by atoms with E-state index >= 15 is 0 Å². The second-order valence-corrected chi connectivity index (χ2v) is 4.57. The molecule has 3 rings (SSSR count). The number of nitrogens with one attached hydrogen (secondary N) is 3. The van der Waals surface area contributed by atoms with Crippen LogP contribution < -0.4 is 16.1 Å². The number of aromatic nitrogens is 3. The zero-order chi connectivity index (χ0) is 15.4. The highest BCUT2D eigenvalue weighted by molar-refractivity contribution is 6.32. The molecule has 0 aliphatic heterocycles. The fraction of sp³-hybridized carbons (Fsp3) is 0. The number of rotatable bonds is 3. The SMILES string of the molecule is [B]c1ccc(NC(=O)Nc2cn[nH]c2-c2ccccn2)cc1. The largest absolute Gasteiger partial charge is 0.323 e. The number of hydrogen-bond donors (Lipinski definition) is 3. The fourth-order valence-corrected chi connectivity index (χ4v) is 1.94. The van der Waals surface area contributed by atoms with Crippen LogP contribution in [0, 0.1) is 0 Å². The zero-order valence-corrected chi connectivity index (χ0v) is 11.6. The Hall–Kier alpha value is -3.09. The van der Waals surface area contributed by atoms with Gasteiger partial charge >= 0.3 is 6.03 Å². The molecule has 0 atom stereocenters. The third-order valence-corrected chi connectivity index (χ3v) is 2.98. The van der Waals surface area contributed by atoms with Gasteiger partial charge < -0.3 is 10.6 Å². The van der Waals surface area contributed by atoms with Crippen molar-refractivity contribution < 1.29 is 4.79 Å². The molecule has 0 saturated carbocycles. The summed E-state index contributed by atoms with van der Waals surface area (Å²) in [6, 6.07) is 12.0. The molecule has 3 aromatic rings. The molecule has 2 amide bonds. The van der Waals surface area contributed by atoms with E-state index in [9.17, 15) is 4.79 Å². The number of carbonyl (C=O) groups is 1. The molecule has 0 aliphatic carbocycles. The first-order valence-corrected chi connectivity index (χ1v) is 6.61.